The Balaban J connectivity index is 1.47. The summed E-state index contributed by atoms with van der Waals surface area (Å²) in [7, 11) is 0. The molecular weight excluding hydrogens is 356 g/mol. The van der Waals surface area contributed by atoms with Crippen molar-refractivity contribution in [1.82, 2.24) is 9.88 Å². The third kappa shape index (κ3) is 3.75. The topological polar surface area (TPSA) is 78.7 Å². The summed E-state index contributed by atoms with van der Waals surface area (Å²) in [6, 6.07) is 12.3. The summed E-state index contributed by atoms with van der Waals surface area (Å²) < 4.78 is 5.23. The number of nitrogens with one attached hydrogen (secondary N) is 1. The molecule has 4 rings (SSSR count). The Hall–Kier alpha value is -3.19. The number of anilines is 2. The van der Waals surface area contributed by atoms with Crippen LogP contribution in [-0.2, 0) is 0 Å². The van der Waals surface area contributed by atoms with E-state index in [4.69, 9.17) is 4.42 Å². The maximum atomic E-state index is 12.5. The van der Waals surface area contributed by atoms with Gasteiger partial charge in [0.25, 0.3) is 5.91 Å². The number of carbonyl (C=O) groups is 1. The Bertz CT molecular complexity index is 1040. The number of hydrogen-bond donors (Lipinski definition) is 1. The van der Waals surface area contributed by atoms with Crippen LogP contribution in [0.15, 0.2) is 57.9 Å². The van der Waals surface area contributed by atoms with Crippen molar-refractivity contribution in [1.29, 1.82) is 0 Å². The van der Waals surface area contributed by atoms with Crippen molar-refractivity contribution in [2.75, 3.05) is 42.9 Å². The van der Waals surface area contributed by atoms with E-state index in [1.54, 1.807) is 36.5 Å². The molecule has 7 nitrogen and oxygen atoms in total. The minimum absolute atomic E-state index is 0.0292. The van der Waals surface area contributed by atoms with Gasteiger partial charge in [-0.1, -0.05) is 25.1 Å². The van der Waals surface area contributed by atoms with Crippen LogP contribution in [0.4, 0.5) is 11.5 Å². The largest absolute Gasteiger partial charge is 0.422 e. The minimum atomic E-state index is -0.658. The van der Waals surface area contributed by atoms with Crippen LogP contribution in [0.5, 0.6) is 0 Å². The zero-order chi connectivity index (χ0) is 19.5. The quantitative estimate of drug-likeness (QED) is 0.703. The van der Waals surface area contributed by atoms with Crippen LogP contribution >= 0.6 is 0 Å². The zero-order valence-electron chi connectivity index (χ0n) is 15.7. The molecule has 1 aromatic carbocycles. The number of amides is 1. The summed E-state index contributed by atoms with van der Waals surface area (Å²) in [6.45, 7) is 7.15. The molecule has 144 valence electrons. The van der Waals surface area contributed by atoms with Gasteiger partial charge in [-0.05, 0) is 30.8 Å². The summed E-state index contributed by atoms with van der Waals surface area (Å²) in [6.07, 6.45) is 1.61. The Morgan fingerprint density at radius 3 is 2.64 bits per heavy atom. The smallest absolute Gasteiger partial charge is 0.349 e. The van der Waals surface area contributed by atoms with Crippen molar-refractivity contribution < 1.29 is 9.21 Å². The molecule has 1 fully saturated rings. The van der Waals surface area contributed by atoms with Crippen LogP contribution in [0, 0.1) is 0 Å². The first kappa shape index (κ1) is 18.2. The summed E-state index contributed by atoms with van der Waals surface area (Å²) in [5, 5.41) is 3.42. The highest BCUT2D eigenvalue weighted by Gasteiger charge is 2.17. The number of carbonyl (C=O) groups excluding carboxylic acids is 1. The van der Waals surface area contributed by atoms with E-state index in [1.165, 1.54) is 0 Å². The van der Waals surface area contributed by atoms with E-state index in [9.17, 15) is 9.59 Å². The fourth-order valence-corrected chi connectivity index (χ4v) is 3.36. The van der Waals surface area contributed by atoms with Gasteiger partial charge >= 0.3 is 5.63 Å². The fourth-order valence-electron chi connectivity index (χ4n) is 3.36. The van der Waals surface area contributed by atoms with Crippen molar-refractivity contribution in [3.8, 4) is 0 Å². The molecule has 0 atom stereocenters. The van der Waals surface area contributed by atoms with Gasteiger partial charge in [0.2, 0.25) is 0 Å². The highest BCUT2D eigenvalue weighted by atomic mass is 16.4. The SMILES string of the molecule is CCN1CCN(c2ccc(NC(=O)c3cc4ccccc4oc3=O)cn2)CC1. The number of hydrogen-bond acceptors (Lipinski definition) is 6. The number of piperazine rings is 1. The van der Waals surface area contributed by atoms with Gasteiger partial charge in [0.05, 0.1) is 11.9 Å². The van der Waals surface area contributed by atoms with Crippen LogP contribution in [0.1, 0.15) is 17.3 Å². The van der Waals surface area contributed by atoms with Crippen LogP contribution in [0.2, 0.25) is 0 Å². The monoisotopic (exact) mass is 378 g/mol. The molecule has 0 bridgehead atoms. The lowest BCUT2D eigenvalue weighted by Crippen LogP contribution is -2.46. The van der Waals surface area contributed by atoms with Crippen molar-refractivity contribution in [2.24, 2.45) is 0 Å². The fraction of sp³-hybridized carbons (Fsp3) is 0.286. The first-order valence-corrected chi connectivity index (χ1v) is 9.41. The normalized spacial score (nSPS) is 15.0. The van der Waals surface area contributed by atoms with Crippen LogP contribution in [-0.4, -0.2) is 48.5 Å². The molecule has 1 amide bonds. The van der Waals surface area contributed by atoms with Gasteiger partial charge in [-0.3, -0.25) is 4.79 Å². The number of aromatic nitrogens is 1. The third-order valence-electron chi connectivity index (χ3n) is 5.04. The molecule has 7 heteroatoms. The van der Waals surface area contributed by atoms with Gasteiger partial charge in [-0.25, -0.2) is 9.78 Å². The minimum Gasteiger partial charge on any atom is -0.422 e. The molecule has 3 aromatic rings. The van der Waals surface area contributed by atoms with E-state index in [0.29, 0.717) is 16.7 Å². The third-order valence-corrected chi connectivity index (χ3v) is 5.04. The van der Waals surface area contributed by atoms with Gasteiger partial charge in [-0.2, -0.15) is 0 Å². The second-order valence-electron chi connectivity index (χ2n) is 6.77. The molecule has 3 heterocycles. The summed E-state index contributed by atoms with van der Waals surface area (Å²) >= 11 is 0. The lowest BCUT2D eigenvalue weighted by atomic mass is 10.2. The lowest BCUT2D eigenvalue weighted by molar-refractivity contribution is 0.102. The first-order valence-electron chi connectivity index (χ1n) is 9.41. The molecule has 0 aliphatic carbocycles. The average molecular weight is 378 g/mol. The second-order valence-corrected chi connectivity index (χ2v) is 6.77. The zero-order valence-corrected chi connectivity index (χ0v) is 15.7. The van der Waals surface area contributed by atoms with Gasteiger partial charge in [0.15, 0.2) is 0 Å². The van der Waals surface area contributed by atoms with Gasteiger partial charge in [0, 0.05) is 31.6 Å². The van der Waals surface area contributed by atoms with Crippen molar-refractivity contribution >= 4 is 28.4 Å². The first-order chi connectivity index (χ1) is 13.6. The Labute approximate surface area is 162 Å². The molecule has 1 aliphatic rings. The van der Waals surface area contributed by atoms with Crippen molar-refractivity contribution in [3.63, 3.8) is 0 Å². The number of benzene rings is 1. The molecule has 1 aliphatic heterocycles. The molecule has 0 radical (unpaired) electrons. The van der Waals surface area contributed by atoms with Gasteiger partial charge in [0.1, 0.15) is 17.0 Å². The number of pyridine rings is 1. The number of fused-ring (bicyclic) bond motifs is 1. The molecule has 0 spiro atoms. The van der Waals surface area contributed by atoms with E-state index < -0.39 is 11.5 Å². The average Bonchev–Trinajstić information content (AvgIpc) is 2.74. The Morgan fingerprint density at radius 1 is 1.14 bits per heavy atom. The van der Waals surface area contributed by atoms with E-state index in [2.05, 4.69) is 27.0 Å². The number of likely N-dealkylation sites (N-methyl/N-ethyl adjacent to an activating group) is 1. The lowest BCUT2D eigenvalue weighted by Gasteiger charge is -2.34. The maximum Gasteiger partial charge on any atom is 0.349 e. The van der Waals surface area contributed by atoms with E-state index in [0.717, 1.165) is 38.5 Å². The number of rotatable bonds is 4. The van der Waals surface area contributed by atoms with Gasteiger partial charge < -0.3 is 19.5 Å². The predicted octanol–water partition coefficient (Wildman–Crippen LogP) is 2.58. The van der Waals surface area contributed by atoms with Crippen molar-refractivity contribution in [2.45, 2.75) is 6.92 Å². The molecule has 28 heavy (non-hydrogen) atoms. The second kappa shape index (κ2) is 7.82. The molecule has 0 saturated carbocycles. The summed E-state index contributed by atoms with van der Waals surface area (Å²) in [5.74, 6) is 0.379. The van der Waals surface area contributed by atoms with Gasteiger partial charge in [-0.15, -0.1) is 0 Å². The molecule has 0 unspecified atom stereocenters. The standard InChI is InChI=1S/C21H22N4O3/c1-2-24-9-11-25(12-10-24)19-8-7-16(14-22-19)23-20(26)17-13-15-5-3-4-6-18(15)28-21(17)27/h3-8,13-14H,2,9-12H2,1H3,(H,23,26). The molecule has 1 N–H and O–H groups in total. The van der Waals surface area contributed by atoms with Crippen LogP contribution in [0.25, 0.3) is 11.0 Å². The van der Waals surface area contributed by atoms with E-state index >= 15 is 0 Å². The van der Waals surface area contributed by atoms with E-state index in [1.807, 2.05) is 12.1 Å². The summed E-state index contributed by atoms with van der Waals surface area (Å²) in [4.78, 5) is 33.7. The predicted molar refractivity (Wildman–Crippen MR) is 109 cm³/mol. The number of nitrogens with zero attached hydrogens (tertiary/aromatic N) is 3. The van der Waals surface area contributed by atoms with Crippen LogP contribution < -0.4 is 15.8 Å². The Kier molecular flexibility index (Phi) is 5.08. The molecule has 1 saturated heterocycles. The number of para-hydroxylation sites is 1. The van der Waals surface area contributed by atoms with Crippen LogP contribution in [0.3, 0.4) is 0 Å². The Morgan fingerprint density at radius 2 is 1.93 bits per heavy atom. The summed E-state index contributed by atoms with van der Waals surface area (Å²) in [5.41, 5.74) is 0.305. The van der Waals surface area contributed by atoms with E-state index in [-0.39, 0.29) is 5.56 Å². The highest BCUT2D eigenvalue weighted by Crippen LogP contribution is 2.17. The maximum absolute atomic E-state index is 12.5. The van der Waals surface area contributed by atoms with Crippen molar-refractivity contribution in [3.05, 3.63) is 64.6 Å². The molecular formula is C21H22N4O3. The highest BCUT2D eigenvalue weighted by molar-refractivity contribution is 6.05. The molecule has 2 aromatic heterocycles.